The molecule has 0 saturated heterocycles. The van der Waals surface area contributed by atoms with E-state index in [0.29, 0.717) is 17.4 Å². The third kappa shape index (κ3) is 5.30. The summed E-state index contributed by atoms with van der Waals surface area (Å²) in [6.07, 6.45) is 0. The molecule has 0 aliphatic carbocycles. The van der Waals surface area contributed by atoms with E-state index in [1.165, 1.54) is 0 Å². The fraction of sp³-hybridized carbons (Fsp3) is 0.438. The van der Waals surface area contributed by atoms with Crippen molar-refractivity contribution in [1.29, 1.82) is 0 Å². The molecule has 2 rings (SSSR count). The number of nitrogens with one attached hydrogen (secondary N) is 1. The number of rotatable bonds is 5. The van der Waals surface area contributed by atoms with Crippen LogP contribution in [-0.2, 0) is 13.2 Å². The summed E-state index contributed by atoms with van der Waals surface area (Å²) in [6, 6.07) is 5.76. The predicted molar refractivity (Wildman–Crippen MR) is 89.2 cm³/mol. The van der Waals surface area contributed by atoms with Gasteiger partial charge in [-0.2, -0.15) is 0 Å². The summed E-state index contributed by atoms with van der Waals surface area (Å²) in [4.78, 5) is 4.57. The Morgan fingerprint density at radius 1 is 1.33 bits per heavy atom. The van der Waals surface area contributed by atoms with Gasteiger partial charge in [0.1, 0.15) is 17.4 Å². The van der Waals surface area contributed by atoms with Crippen LogP contribution in [0.3, 0.4) is 0 Å². The minimum absolute atomic E-state index is 0.0947. The molecule has 0 bridgehead atoms. The molecule has 0 amide bonds. The maximum absolute atomic E-state index is 6.11. The number of ether oxygens (including phenoxy) is 1. The van der Waals surface area contributed by atoms with E-state index in [4.69, 9.17) is 16.3 Å². The maximum Gasteiger partial charge on any atom is 0.138 e. The fourth-order valence-corrected chi connectivity index (χ4v) is 2.60. The monoisotopic (exact) mass is 324 g/mol. The van der Waals surface area contributed by atoms with E-state index in [2.05, 4.69) is 31.1 Å². The van der Waals surface area contributed by atoms with Crippen LogP contribution in [0.1, 0.15) is 37.0 Å². The molecule has 0 aliphatic rings. The number of thiazole rings is 1. The highest BCUT2D eigenvalue weighted by Crippen LogP contribution is 2.26. The first-order valence-electron chi connectivity index (χ1n) is 6.91. The molecular weight excluding hydrogens is 304 g/mol. The second-order valence-corrected chi connectivity index (χ2v) is 7.41. The lowest BCUT2D eigenvalue weighted by atomic mass is 10.1. The van der Waals surface area contributed by atoms with Gasteiger partial charge in [0.2, 0.25) is 0 Å². The van der Waals surface area contributed by atoms with E-state index in [0.717, 1.165) is 22.8 Å². The summed E-state index contributed by atoms with van der Waals surface area (Å²) in [5.74, 6) is 0.707. The zero-order chi connectivity index (χ0) is 15.5. The Labute approximate surface area is 135 Å². The van der Waals surface area contributed by atoms with Gasteiger partial charge in [0, 0.05) is 17.5 Å². The molecule has 0 spiro atoms. The Bertz CT molecular complexity index is 605. The topological polar surface area (TPSA) is 34.1 Å². The summed E-state index contributed by atoms with van der Waals surface area (Å²) in [7, 11) is 0. The van der Waals surface area contributed by atoms with Gasteiger partial charge in [0.25, 0.3) is 0 Å². The Morgan fingerprint density at radius 3 is 2.81 bits per heavy atom. The van der Waals surface area contributed by atoms with Gasteiger partial charge in [-0.05, 0) is 45.4 Å². The van der Waals surface area contributed by atoms with Gasteiger partial charge in [-0.15, -0.1) is 11.3 Å². The van der Waals surface area contributed by atoms with Crippen LogP contribution in [0.4, 0.5) is 0 Å². The molecule has 0 aliphatic heterocycles. The van der Waals surface area contributed by atoms with Gasteiger partial charge in [0.05, 0.1) is 10.7 Å². The molecule has 0 fully saturated rings. The number of benzene rings is 1. The van der Waals surface area contributed by atoms with E-state index in [1.807, 2.05) is 30.5 Å². The van der Waals surface area contributed by atoms with Crippen LogP contribution in [0, 0.1) is 6.92 Å². The van der Waals surface area contributed by atoms with E-state index in [9.17, 15) is 0 Å². The van der Waals surface area contributed by atoms with Crippen molar-refractivity contribution in [3.05, 3.63) is 44.9 Å². The van der Waals surface area contributed by atoms with Crippen LogP contribution < -0.4 is 10.1 Å². The molecule has 3 nitrogen and oxygen atoms in total. The summed E-state index contributed by atoms with van der Waals surface area (Å²) < 4.78 is 5.75. The van der Waals surface area contributed by atoms with Crippen molar-refractivity contribution in [1.82, 2.24) is 10.3 Å². The van der Waals surface area contributed by atoms with Crippen LogP contribution in [0.15, 0.2) is 23.6 Å². The molecule has 0 unspecified atom stereocenters. The smallest absolute Gasteiger partial charge is 0.138 e. The van der Waals surface area contributed by atoms with E-state index in [-0.39, 0.29) is 5.54 Å². The number of halogens is 1. The minimum atomic E-state index is 0.0947. The van der Waals surface area contributed by atoms with Gasteiger partial charge in [-0.1, -0.05) is 17.7 Å². The van der Waals surface area contributed by atoms with Crippen LogP contribution in [0.5, 0.6) is 5.75 Å². The molecule has 0 radical (unpaired) electrons. The highest BCUT2D eigenvalue weighted by molar-refractivity contribution is 7.09. The third-order valence-corrected chi connectivity index (χ3v) is 4.04. The minimum Gasteiger partial charge on any atom is -0.486 e. The first-order chi connectivity index (χ1) is 9.83. The average molecular weight is 325 g/mol. The molecular formula is C16H21ClN2OS. The predicted octanol–water partition coefficient (Wildman–Crippen LogP) is 4.57. The van der Waals surface area contributed by atoms with Crippen molar-refractivity contribution in [3.8, 4) is 5.75 Å². The summed E-state index contributed by atoms with van der Waals surface area (Å²) in [6.45, 7) is 9.66. The highest BCUT2D eigenvalue weighted by Gasteiger charge is 2.11. The average Bonchev–Trinajstić information content (AvgIpc) is 2.85. The van der Waals surface area contributed by atoms with Crippen molar-refractivity contribution in [2.45, 2.75) is 46.4 Å². The molecule has 0 atom stereocenters. The van der Waals surface area contributed by atoms with E-state index in [1.54, 1.807) is 11.3 Å². The van der Waals surface area contributed by atoms with Crippen LogP contribution in [-0.4, -0.2) is 10.5 Å². The number of hydrogen-bond acceptors (Lipinski definition) is 4. The third-order valence-electron chi connectivity index (χ3n) is 2.83. The Hall–Kier alpha value is -1.10. The van der Waals surface area contributed by atoms with Gasteiger partial charge in [-0.25, -0.2) is 4.98 Å². The molecule has 2 aromatic rings. The SMILES string of the molecule is Cc1ccc(Cl)c(OCc2csc(CNC(C)(C)C)n2)c1. The lowest BCUT2D eigenvalue weighted by Crippen LogP contribution is -2.35. The quantitative estimate of drug-likeness (QED) is 0.874. The lowest BCUT2D eigenvalue weighted by molar-refractivity contribution is 0.301. The Kier molecular flexibility index (Phi) is 5.25. The van der Waals surface area contributed by atoms with Crippen LogP contribution >= 0.6 is 22.9 Å². The number of aromatic nitrogens is 1. The first kappa shape index (κ1) is 16.3. The van der Waals surface area contributed by atoms with E-state index >= 15 is 0 Å². The van der Waals surface area contributed by atoms with E-state index < -0.39 is 0 Å². The molecule has 1 aromatic heterocycles. The van der Waals surface area contributed by atoms with Gasteiger partial charge < -0.3 is 10.1 Å². The Morgan fingerprint density at radius 2 is 2.10 bits per heavy atom. The standard InChI is InChI=1S/C16H21ClN2OS/c1-11-5-6-13(17)14(7-11)20-9-12-10-21-15(19-12)8-18-16(2,3)4/h5-7,10,18H,8-9H2,1-4H3. The van der Waals surface area contributed by atoms with Gasteiger partial charge >= 0.3 is 0 Å². The maximum atomic E-state index is 6.11. The zero-order valence-corrected chi connectivity index (χ0v) is 14.4. The van der Waals surface area contributed by atoms with Crippen molar-refractivity contribution >= 4 is 22.9 Å². The molecule has 1 N–H and O–H groups in total. The number of hydrogen-bond donors (Lipinski definition) is 1. The van der Waals surface area contributed by atoms with Crippen molar-refractivity contribution in [3.63, 3.8) is 0 Å². The molecule has 114 valence electrons. The molecule has 1 aromatic carbocycles. The summed E-state index contributed by atoms with van der Waals surface area (Å²) in [5, 5.41) is 7.16. The second-order valence-electron chi connectivity index (χ2n) is 6.06. The van der Waals surface area contributed by atoms with Crippen LogP contribution in [0.25, 0.3) is 0 Å². The first-order valence-corrected chi connectivity index (χ1v) is 8.16. The van der Waals surface area contributed by atoms with Crippen LogP contribution in [0.2, 0.25) is 5.02 Å². The lowest BCUT2D eigenvalue weighted by Gasteiger charge is -2.19. The van der Waals surface area contributed by atoms with Crippen molar-refractivity contribution in [2.24, 2.45) is 0 Å². The molecule has 21 heavy (non-hydrogen) atoms. The fourth-order valence-electron chi connectivity index (χ4n) is 1.71. The van der Waals surface area contributed by atoms with Crippen molar-refractivity contribution < 1.29 is 4.74 Å². The number of nitrogens with zero attached hydrogens (tertiary/aromatic N) is 1. The second kappa shape index (κ2) is 6.77. The van der Waals surface area contributed by atoms with Gasteiger partial charge in [0.15, 0.2) is 0 Å². The summed E-state index contributed by atoms with van der Waals surface area (Å²) in [5.41, 5.74) is 2.16. The molecule has 1 heterocycles. The number of aryl methyl sites for hydroxylation is 1. The van der Waals surface area contributed by atoms with Crippen molar-refractivity contribution in [2.75, 3.05) is 0 Å². The summed E-state index contributed by atoms with van der Waals surface area (Å²) >= 11 is 7.76. The Balaban J connectivity index is 1.92. The normalized spacial score (nSPS) is 11.7. The highest BCUT2D eigenvalue weighted by atomic mass is 35.5. The zero-order valence-electron chi connectivity index (χ0n) is 12.9. The van der Waals surface area contributed by atoms with Gasteiger partial charge in [-0.3, -0.25) is 0 Å². The molecule has 5 heteroatoms. The molecule has 0 saturated carbocycles. The largest absolute Gasteiger partial charge is 0.486 e.